The molecular weight excluding hydrogens is 843 g/mol. The number of aliphatic hydroxyl groups excluding tert-OH is 6. The van der Waals surface area contributed by atoms with Crippen molar-refractivity contribution in [2.75, 3.05) is 13.2 Å². The highest BCUT2D eigenvalue weighted by molar-refractivity contribution is 7.47. The second kappa shape index (κ2) is 37.7. The zero-order chi connectivity index (χ0) is 47.3. The first-order valence-corrected chi connectivity index (χ1v) is 24.3. The highest BCUT2D eigenvalue weighted by Crippen LogP contribution is 2.47. The van der Waals surface area contributed by atoms with Gasteiger partial charge in [0.15, 0.2) is 6.10 Å². The van der Waals surface area contributed by atoms with E-state index in [1.807, 2.05) is 36.5 Å². The van der Waals surface area contributed by atoms with Crippen molar-refractivity contribution in [3.63, 3.8) is 0 Å². The summed E-state index contributed by atoms with van der Waals surface area (Å²) in [7, 11) is -5.16. The van der Waals surface area contributed by atoms with Crippen LogP contribution < -0.4 is 0 Å². The van der Waals surface area contributed by atoms with Gasteiger partial charge in [-0.1, -0.05) is 136 Å². The Morgan fingerprint density at radius 2 is 1.05 bits per heavy atom. The first-order valence-electron chi connectivity index (χ1n) is 22.8. The normalized spacial score (nSPS) is 23.1. The molecule has 0 saturated heterocycles. The Hall–Kier alpha value is -3.53. The summed E-state index contributed by atoms with van der Waals surface area (Å²) in [5.74, 6) is -1.25. The summed E-state index contributed by atoms with van der Waals surface area (Å²) in [5, 5.41) is 60.2. The van der Waals surface area contributed by atoms with Crippen LogP contribution in [-0.2, 0) is 32.7 Å². The molecule has 1 aliphatic rings. The summed E-state index contributed by atoms with van der Waals surface area (Å²) >= 11 is 0. The van der Waals surface area contributed by atoms with Crippen molar-refractivity contribution < 1.29 is 68.2 Å². The van der Waals surface area contributed by atoms with Gasteiger partial charge in [-0.2, -0.15) is 0 Å². The summed E-state index contributed by atoms with van der Waals surface area (Å²) in [4.78, 5) is 35.7. The number of hydrogen-bond donors (Lipinski definition) is 7. The zero-order valence-corrected chi connectivity index (χ0v) is 38.8. The first-order chi connectivity index (χ1) is 30.8. The second-order valence-corrected chi connectivity index (χ2v) is 16.7. The third-order valence-electron chi connectivity index (χ3n) is 9.69. The highest BCUT2D eigenvalue weighted by Gasteiger charge is 2.51. The van der Waals surface area contributed by atoms with Crippen LogP contribution in [0.1, 0.15) is 123 Å². The lowest BCUT2D eigenvalue weighted by molar-refractivity contribution is -0.220. The second-order valence-electron chi connectivity index (χ2n) is 15.3. The van der Waals surface area contributed by atoms with Crippen LogP contribution in [-0.4, -0.2) is 110 Å². The van der Waals surface area contributed by atoms with Gasteiger partial charge in [-0.05, 0) is 83.5 Å². The van der Waals surface area contributed by atoms with Gasteiger partial charge >= 0.3 is 19.8 Å². The standard InChI is InChI=1S/C49H77O14P/c1-3-5-7-9-11-12-13-14-15-16-17-18-19-20-25-29-33-37-43(52)62-41(39-61-64(58,59)63-49-47(56)45(54)44(53)46(55)48(49)57)38-60-42(51)36-32-28-24-22-21-23-27-31-35-40(50)34-30-26-10-8-6-4-2/h5-8,11-12,14-15,17-18,22-24,26-27,30-31,35,40-41,44-50,53-57H,3-4,9-10,13,16,19-21,25,28-29,32-34,36-39H2,1-2H3,(H,58,59)/b7-5-,8-6-,12-11-,15-14-,18-17-,24-22-,27-23-,30-26-,35-31+/t40?,41-,44?,45-,46+,47-,48-,49?/m1/s1. The van der Waals surface area contributed by atoms with Gasteiger partial charge in [-0.15, -0.1) is 0 Å². The van der Waals surface area contributed by atoms with Crippen LogP contribution in [0.15, 0.2) is 109 Å². The number of unbranched alkanes of at least 4 members (excludes halogenated alkanes) is 5. The Balaban J connectivity index is 2.57. The fourth-order valence-corrected chi connectivity index (χ4v) is 7.02. The number of esters is 2. The van der Waals surface area contributed by atoms with E-state index in [4.69, 9.17) is 18.5 Å². The Labute approximate surface area is 381 Å². The van der Waals surface area contributed by atoms with Crippen LogP contribution in [0.5, 0.6) is 0 Å². The lowest BCUT2D eigenvalue weighted by Crippen LogP contribution is -2.64. The molecule has 0 radical (unpaired) electrons. The van der Waals surface area contributed by atoms with E-state index >= 15 is 0 Å². The topological polar surface area (TPSA) is 230 Å². The van der Waals surface area contributed by atoms with Gasteiger partial charge in [-0.3, -0.25) is 18.6 Å². The molecule has 15 heteroatoms. The third kappa shape index (κ3) is 29.8. The van der Waals surface area contributed by atoms with E-state index in [1.165, 1.54) is 0 Å². The molecule has 0 amide bonds. The van der Waals surface area contributed by atoms with Crippen molar-refractivity contribution in [1.29, 1.82) is 0 Å². The smallest absolute Gasteiger partial charge is 0.462 e. The number of allylic oxidation sites excluding steroid dienone is 16. The molecule has 64 heavy (non-hydrogen) atoms. The molecule has 0 aromatic rings. The molecule has 1 saturated carbocycles. The predicted octanol–water partition coefficient (Wildman–Crippen LogP) is 7.80. The minimum Gasteiger partial charge on any atom is -0.462 e. The van der Waals surface area contributed by atoms with E-state index in [1.54, 1.807) is 12.2 Å². The van der Waals surface area contributed by atoms with Gasteiger partial charge in [0.25, 0.3) is 0 Å². The molecule has 0 aliphatic heterocycles. The molecule has 4 unspecified atom stereocenters. The molecule has 0 spiro atoms. The monoisotopic (exact) mass is 921 g/mol. The number of aliphatic hydroxyl groups is 6. The van der Waals surface area contributed by atoms with E-state index in [0.717, 1.165) is 64.2 Å². The minimum atomic E-state index is -5.16. The molecule has 362 valence electrons. The summed E-state index contributed by atoms with van der Waals surface area (Å²) in [5.41, 5.74) is 0. The maximum Gasteiger partial charge on any atom is 0.472 e. The van der Waals surface area contributed by atoms with E-state index in [0.29, 0.717) is 32.1 Å². The lowest BCUT2D eigenvalue weighted by atomic mass is 9.85. The summed E-state index contributed by atoms with van der Waals surface area (Å²) in [6.45, 7) is 2.91. The van der Waals surface area contributed by atoms with Crippen molar-refractivity contribution in [1.82, 2.24) is 0 Å². The SMILES string of the molecule is CC/C=C\C/C=C\C/C=C\C/C=C\CCCCCCC(=O)O[C@H](COC(=O)CCC/C=C\C/C=C\C=C\C(O)C/C=C\C/C=C\CC)COP(=O)(O)OC1[C@H](O)[C@H](O)C(O)[C@H](O)[C@H]1O. The molecule has 0 bridgehead atoms. The van der Waals surface area contributed by atoms with Crippen molar-refractivity contribution in [2.45, 2.75) is 172 Å². The number of phosphoric ester groups is 1. The first kappa shape index (κ1) is 58.5. The van der Waals surface area contributed by atoms with Gasteiger partial charge in [0.05, 0.1) is 12.7 Å². The Morgan fingerprint density at radius 1 is 0.562 bits per heavy atom. The molecule has 1 rings (SSSR count). The van der Waals surface area contributed by atoms with Gasteiger partial charge < -0.3 is 45.0 Å². The lowest BCUT2D eigenvalue weighted by Gasteiger charge is -2.41. The molecule has 1 fully saturated rings. The third-order valence-corrected chi connectivity index (χ3v) is 10.7. The molecule has 7 N–H and O–H groups in total. The Bertz CT molecular complexity index is 1550. The molecule has 1 aliphatic carbocycles. The zero-order valence-electron chi connectivity index (χ0n) is 37.9. The number of carbonyl (C=O) groups is 2. The van der Waals surface area contributed by atoms with E-state index < -0.39 is 81.8 Å². The molecule has 0 aromatic heterocycles. The van der Waals surface area contributed by atoms with Crippen LogP contribution in [0.3, 0.4) is 0 Å². The highest BCUT2D eigenvalue weighted by atomic mass is 31.2. The van der Waals surface area contributed by atoms with E-state index in [-0.39, 0.29) is 12.8 Å². The average molecular weight is 921 g/mol. The van der Waals surface area contributed by atoms with Crippen molar-refractivity contribution >= 4 is 19.8 Å². The van der Waals surface area contributed by atoms with E-state index in [9.17, 15) is 49.7 Å². The molecule has 14 nitrogen and oxygen atoms in total. The number of ether oxygens (including phenoxy) is 2. The number of phosphoric acid groups is 1. The van der Waals surface area contributed by atoms with Crippen LogP contribution in [0.4, 0.5) is 0 Å². The van der Waals surface area contributed by atoms with E-state index in [2.05, 4.69) is 74.6 Å². The largest absolute Gasteiger partial charge is 0.472 e. The average Bonchev–Trinajstić information content (AvgIpc) is 3.27. The van der Waals surface area contributed by atoms with Gasteiger partial charge in [0.2, 0.25) is 0 Å². The minimum absolute atomic E-state index is 0.0368. The Kier molecular flexibility index (Phi) is 34.4. The molecule has 0 heterocycles. The summed E-state index contributed by atoms with van der Waals surface area (Å²) < 4.78 is 33.4. The van der Waals surface area contributed by atoms with Crippen LogP contribution in [0, 0.1) is 0 Å². The summed E-state index contributed by atoms with van der Waals surface area (Å²) in [6, 6.07) is 0. The molecule has 9 atom stereocenters. The van der Waals surface area contributed by atoms with Gasteiger partial charge in [0, 0.05) is 12.8 Å². The van der Waals surface area contributed by atoms with Crippen LogP contribution in [0.2, 0.25) is 0 Å². The van der Waals surface area contributed by atoms with Crippen molar-refractivity contribution in [2.24, 2.45) is 0 Å². The van der Waals surface area contributed by atoms with Crippen LogP contribution in [0.25, 0.3) is 0 Å². The molecule has 0 aromatic carbocycles. The quantitative estimate of drug-likeness (QED) is 0.0106. The van der Waals surface area contributed by atoms with Crippen molar-refractivity contribution in [3.05, 3.63) is 109 Å². The maximum atomic E-state index is 12.8. The van der Waals surface area contributed by atoms with Gasteiger partial charge in [0.1, 0.15) is 43.2 Å². The van der Waals surface area contributed by atoms with Gasteiger partial charge in [-0.25, -0.2) is 4.57 Å². The number of carbonyl (C=O) groups excluding carboxylic acids is 2. The Morgan fingerprint density at radius 3 is 1.64 bits per heavy atom. The predicted molar refractivity (Wildman–Crippen MR) is 250 cm³/mol. The number of rotatable bonds is 35. The maximum absolute atomic E-state index is 12.8. The van der Waals surface area contributed by atoms with Crippen molar-refractivity contribution in [3.8, 4) is 0 Å². The fraction of sp³-hybridized carbons (Fsp3) is 0.592. The molecular formula is C49H77O14P. The summed E-state index contributed by atoms with van der Waals surface area (Å²) in [6.07, 6.45) is 34.6. The van der Waals surface area contributed by atoms with Crippen LogP contribution >= 0.6 is 7.82 Å². The number of hydrogen-bond acceptors (Lipinski definition) is 13. The fourth-order valence-electron chi connectivity index (χ4n) is 6.04.